The normalized spacial score (nSPS) is 12.7. The zero-order valence-electron chi connectivity index (χ0n) is 16.6. The molecule has 0 bridgehead atoms. The molecule has 27 heavy (non-hydrogen) atoms. The van der Waals surface area contributed by atoms with Gasteiger partial charge in [0.2, 0.25) is 0 Å². The number of rotatable bonds is 2. The molecule has 0 unspecified atom stereocenters. The molecule has 2 aromatic carbocycles. The standard InChI is InChI=1S/C22H25BrClNO2/c1-21(2,3)14-7-12(8-15(19(14)26)22(4,5)6)9-18-25-17-11-13(24)10-16(23)20(17)27-18/h7-8,10-11,26H,9H2,1-6H3. The molecule has 5 heteroatoms. The minimum atomic E-state index is -0.169. The predicted octanol–water partition coefficient (Wildman–Crippen LogP) is 7.14. The van der Waals surface area contributed by atoms with Gasteiger partial charge in [0.05, 0.1) is 4.47 Å². The van der Waals surface area contributed by atoms with Crippen LogP contribution in [0.1, 0.15) is 64.1 Å². The summed E-state index contributed by atoms with van der Waals surface area (Å²) in [4.78, 5) is 4.59. The van der Waals surface area contributed by atoms with E-state index in [0.717, 1.165) is 26.7 Å². The van der Waals surface area contributed by atoms with Gasteiger partial charge in [0.25, 0.3) is 0 Å². The summed E-state index contributed by atoms with van der Waals surface area (Å²) in [6.07, 6.45) is 0.547. The molecule has 1 aromatic heterocycles. The first-order valence-corrected chi connectivity index (χ1v) is 10.1. The molecule has 1 heterocycles. The van der Waals surface area contributed by atoms with Crippen molar-refractivity contribution in [2.75, 3.05) is 0 Å². The number of nitrogens with zero attached hydrogens (tertiary/aromatic N) is 1. The second-order valence-electron chi connectivity index (χ2n) is 9.06. The second kappa shape index (κ2) is 6.82. The molecule has 0 saturated carbocycles. The first-order valence-electron chi connectivity index (χ1n) is 8.97. The van der Waals surface area contributed by atoms with Crippen molar-refractivity contribution in [2.24, 2.45) is 0 Å². The van der Waals surface area contributed by atoms with E-state index in [1.54, 1.807) is 12.1 Å². The molecule has 0 spiro atoms. The van der Waals surface area contributed by atoms with Crippen molar-refractivity contribution in [1.29, 1.82) is 0 Å². The summed E-state index contributed by atoms with van der Waals surface area (Å²) in [6.45, 7) is 12.6. The zero-order chi connectivity index (χ0) is 20.1. The van der Waals surface area contributed by atoms with E-state index in [-0.39, 0.29) is 10.8 Å². The third kappa shape index (κ3) is 4.17. The molecule has 0 fully saturated rings. The summed E-state index contributed by atoms with van der Waals surface area (Å²) in [7, 11) is 0. The lowest BCUT2D eigenvalue weighted by Gasteiger charge is -2.28. The van der Waals surface area contributed by atoms with E-state index in [1.807, 2.05) is 0 Å². The van der Waals surface area contributed by atoms with Crippen LogP contribution in [-0.4, -0.2) is 10.1 Å². The van der Waals surface area contributed by atoms with Crippen molar-refractivity contribution in [3.63, 3.8) is 0 Å². The Labute approximate surface area is 173 Å². The largest absolute Gasteiger partial charge is 0.507 e. The first kappa shape index (κ1) is 20.2. The van der Waals surface area contributed by atoms with E-state index in [1.165, 1.54) is 0 Å². The van der Waals surface area contributed by atoms with Crippen molar-refractivity contribution < 1.29 is 9.52 Å². The Morgan fingerprint density at radius 1 is 1.00 bits per heavy atom. The highest BCUT2D eigenvalue weighted by atomic mass is 79.9. The zero-order valence-corrected chi connectivity index (χ0v) is 18.9. The van der Waals surface area contributed by atoms with Crippen molar-refractivity contribution in [3.8, 4) is 5.75 Å². The number of phenolic OH excluding ortho intramolecular Hbond substituents is 1. The van der Waals surface area contributed by atoms with Gasteiger partial charge >= 0.3 is 0 Å². The molecule has 0 aliphatic heterocycles. The maximum atomic E-state index is 10.9. The maximum Gasteiger partial charge on any atom is 0.199 e. The van der Waals surface area contributed by atoms with Gasteiger partial charge in [-0.2, -0.15) is 0 Å². The predicted molar refractivity (Wildman–Crippen MR) is 115 cm³/mol. The topological polar surface area (TPSA) is 46.3 Å². The second-order valence-corrected chi connectivity index (χ2v) is 10.4. The molecular formula is C22H25BrClNO2. The van der Waals surface area contributed by atoms with E-state index in [0.29, 0.717) is 28.7 Å². The number of benzene rings is 2. The van der Waals surface area contributed by atoms with Crippen LogP contribution in [-0.2, 0) is 17.3 Å². The molecule has 1 N–H and O–H groups in total. The van der Waals surface area contributed by atoms with Crippen LogP contribution in [0.2, 0.25) is 5.02 Å². The van der Waals surface area contributed by atoms with Crippen LogP contribution in [0.4, 0.5) is 0 Å². The molecule has 0 radical (unpaired) electrons. The molecule has 0 amide bonds. The van der Waals surface area contributed by atoms with Crippen molar-refractivity contribution >= 4 is 38.6 Å². The SMILES string of the molecule is CC(C)(C)c1cc(Cc2nc3cc(Cl)cc(Br)c3o2)cc(C(C)(C)C)c1O. The highest BCUT2D eigenvalue weighted by Gasteiger charge is 2.27. The quantitative estimate of drug-likeness (QED) is 0.451. The van der Waals surface area contributed by atoms with Gasteiger partial charge in [-0.05, 0) is 55.6 Å². The minimum Gasteiger partial charge on any atom is -0.507 e. The number of halogens is 2. The fourth-order valence-corrected chi connectivity index (χ4v) is 4.07. The number of phenols is 1. The van der Waals surface area contributed by atoms with Crippen molar-refractivity contribution in [3.05, 3.63) is 56.3 Å². The molecule has 144 valence electrons. The van der Waals surface area contributed by atoms with Crippen LogP contribution < -0.4 is 0 Å². The summed E-state index contributed by atoms with van der Waals surface area (Å²) in [5.41, 5.74) is 4.03. The van der Waals surface area contributed by atoms with E-state index < -0.39 is 0 Å². The van der Waals surface area contributed by atoms with Gasteiger partial charge in [0.1, 0.15) is 11.3 Å². The van der Waals surface area contributed by atoms with Crippen LogP contribution in [0.3, 0.4) is 0 Å². The van der Waals surface area contributed by atoms with E-state index in [2.05, 4.69) is 74.6 Å². The van der Waals surface area contributed by atoms with Gasteiger partial charge in [-0.1, -0.05) is 65.3 Å². The highest BCUT2D eigenvalue weighted by molar-refractivity contribution is 9.10. The summed E-state index contributed by atoms with van der Waals surface area (Å²) in [5, 5.41) is 11.5. The average molecular weight is 451 g/mol. The third-order valence-corrected chi connectivity index (χ3v) is 5.40. The van der Waals surface area contributed by atoms with Crippen LogP contribution in [0.5, 0.6) is 5.75 Å². The van der Waals surface area contributed by atoms with E-state index in [9.17, 15) is 5.11 Å². The molecule has 3 aromatic rings. The van der Waals surface area contributed by atoms with Gasteiger partial charge in [-0.3, -0.25) is 0 Å². The van der Waals surface area contributed by atoms with Crippen LogP contribution in [0.25, 0.3) is 11.1 Å². The fourth-order valence-electron chi connectivity index (χ4n) is 3.20. The van der Waals surface area contributed by atoms with Gasteiger partial charge < -0.3 is 9.52 Å². The monoisotopic (exact) mass is 449 g/mol. The summed E-state index contributed by atoms with van der Waals surface area (Å²) < 4.78 is 6.75. The van der Waals surface area contributed by atoms with Gasteiger partial charge in [-0.15, -0.1) is 0 Å². The summed E-state index contributed by atoms with van der Waals surface area (Å²) in [6, 6.07) is 7.71. The first-order chi connectivity index (χ1) is 12.4. The van der Waals surface area contributed by atoms with E-state index in [4.69, 9.17) is 16.0 Å². The van der Waals surface area contributed by atoms with Crippen molar-refractivity contribution in [2.45, 2.75) is 58.8 Å². The molecule has 0 saturated heterocycles. The lowest BCUT2D eigenvalue weighted by Crippen LogP contribution is -2.18. The Balaban J connectivity index is 2.10. The molecule has 0 aliphatic carbocycles. The van der Waals surface area contributed by atoms with Crippen LogP contribution in [0, 0.1) is 0 Å². The fraction of sp³-hybridized carbons (Fsp3) is 0.409. The number of aromatic hydroxyl groups is 1. The Kier molecular flexibility index (Phi) is 5.11. The third-order valence-electron chi connectivity index (χ3n) is 4.59. The lowest BCUT2D eigenvalue weighted by atomic mass is 9.78. The lowest BCUT2D eigenvalue weighted by molar-refractivity contribution is 0.422. The number of hydrogen-bond acceptors (Lipinski definition) is 3. The molecule has 0 atom stereocenters. The van der Waals surface area contributed by atoms with Crippen molar-refractivity contribution in [1.82, 2.24) is 4.98 Å². The van der Waals surface area contributed by atoms with Gasteiger partial charge in [-0.25, -0.2) is 4.98 Å². The highest BCUT2D eigenvalue weighted by Crippen LogP contribution is 2.40. The minimum absolute atomic E-state index is 0.169. The van der Waals surface area contributed by atoms with Crippen LogP contribution >= 0.6 is 27.5 Å². The number of oxazole rings is 1. The molecule has 0 aliphatic rings. The average Bonchev–Trinajstić information content (AvgIpc) is 2.89. The van der Waals surface area contributed by atoms with Gasteiger partial charge in [0.15, 0.2) is 11.5 Å². The number of hydrogen-bond donors (Lipinski definition) is 1. The number of fused-ring (bicyclic) bond motifs is 1. The Hall–Kier alpha value is -1.52. The Bertz CT molecular complexity index is 975. The smallest absolute Gasteiger partial charge is 0.199 e. The Morgan fingerprint density at radius 3 is 2.07 bits per heavy atom. The maximum absolute atomic E-state index is 10.9. The van der Waals surface area contributed by atoms with Gasteiger partial charge in [0, 0.05) is 11.4 Å². The molecule has 3 rings (SSSR count). The summed E-state index contributed by atoms with van der Waals surface area (Å²) in [5.74, 6) is 1.00. The summed E-state index contributed by atoms with van der Waals surface area (Å²) >= 11 is 9.59. The molecular weight excluding hydrogens is 426 g/mol. The molecule has 3 nitrogen and oxygen atoms in total. The van der Waals surface area contributed by atoms with Crippen LogP contribution in [0.15, 0.2) is 33.2 Å². The Morgan fingerprint density at radius 2 is 1.56 bits per heavy atom. The van der Waals surface area contributed by atoms with E-state index >= 15 is 0 Å². The number of aromatic nitrogens is 1.